The van der Waals surface area contributed by atoms with Gasteiger partial charge < -0.3 is 14.9 Å². The summed E-state index contributed by atoms with van der Waals surface area (Å²) < 4.78 is 2.14. The summed E-state index contributed by atoms with van der Waals surface area (Å²) in [5, 5.41) is 4.40. The lowest BCUT2D eigenvalue weighted by molar-refractivity contribution is 0.798. The van der Waals surface area contributed by atoms with Crippen LogP contribution in [0.4, 0.5) is 0 Å². The Balaban J connectivity index is 2.22. The number of benzene rings is 1. The molecule has 2 N–H and O–H groups in total. The van der Waals surface area contributed by atoms with Gasteiger partial charge in [0, 0.05) is 36.3 Å². The molecule has 0 aliphatic carbocycles. The lowest BCUT2D eigenvalue weighted by Gasteiger charge is -2.00. The van der Waals surface area contributed by atoms with Crippen LogP contribution in [-0.4, -0.2) is 21.6 Å². The number of nitrogens with one attached hydrogen (secondary N) is 2. The Hall–Kier alpha value is -2.07. The molecular formula is C14H16N4. The summed E-state index contributed by atoms with van der Waals surface area (Å²) >= 11 is 0. The number of para-hydroxylation sites is 1. The second kappa shape index (κ2) is 4.31. The molecule has 0 unspecified atom stereocenters. The van der Waals surface area contributed by atoms with E-state index in [9.17, 15) is 0 Å². The fraction of sp³-hybridized carbons (Fsp3) is 0.214. The maximum absolute atomic E-state index is 4.46. The van der Waals surface area contributed by atoms with Crippen LogP contribution in [0.2, 0.25) is 0 Å². The zero-order valence-electron chi connectivity index (χ0n) is 10.6. The van der Waals surface area contributed by atoms with Gasteiger partial charge in [-0.2, -0.15) is 0 Å². The predicted molar refractivity (Wildman–Crippen MR) is 73.3 cm³/mol. The summed E-state index contributed by atoms with van der Waals surface area (Å²) in [6.45, 7) is 0.790. The Morgan fingerprint density at radius 3 is 3.00 bits per heavy atom. The van der Waals surface area contributed by atoms with Gasteiger partial charge in [0.15, 0.2) is 0 Å². The first-order valence-corrected chi connectivity index (χ1v) is 6.02. The molecular weight excluding hydrogens is 224 g/mol. The van der Waals surface area contributed by atoms with Gasteiger partial charge in [-0.15, -0.1) is 0 Å². The van der Waals surface area contributed by atoms with E-state index < -0.39 is 0 Å². The lowest BCUT2D eigenvalue weighted by atomic mass is 10.1. The van der Waals surface area contributed by atoms with Gasteiger partial charge in [-0.3, -0.25) is 0 Å². The third kappa shape index (κ3) is 1.62. The van der Waals surface area contributed by atoms with Crippen LogP contribution in [0.3, 0.4) is 0 Å². The summed E-state index contributed by atoms with van der Waals surface area (Å²) in [7, 11) is 4.00. The van der Waals surface area contributed by atoms with Gasteiger partial charge in [-0.05, 0) is 13.1 Å². The minimum absolute atomic E-state index is 0.790. The first-order valence-electron chi connectivity index (χ1n) is 6.02. The fourth-order valence-electron chi connectivity index (χ4n) is 2.40. The SMILES string of the molecule is CNCc1[nH]cnc1-c1cn(C)c2ccccc12. The molecule has 2 heterocycles. The Bertz CT molecular complexity index is 678. The maximum Gasteiger partial charge on any atom is 0.0947 e. The molecule has 0 bridgehead atoms. The van der Waals surface area contributed by atoms with E-state index >= 15 is 0 Å². The van der Waals surface area contributed by atoms with Gasteiger partial charge >= 0.3 is 0 Å². The van der Waals surface area contributed by atoms with Crippen LogP contribution >= 0.6 is 0 Å². The van der Waals surface area contributed by atoms with Crippen LogP contribution in [0.1, 0.15) is 5.69 Å². The average Bonchev–Trinajstić information content (AvgIpc) is 2.96. The molecule has 0 spiro atoms. The maximum atomic E-state index is 4.46. The predicted octanol–water partition coefficient (Wildman–Crippen LogP) is 2.29. The Morgan fingerprint density at radius 2 is 2.17 bits per heavy atom. The van der Waals surface area contributed by atoms with Crippen molar-refractivity contribution in [1.29, 1.82) is 0 Å². The van der Waals surface area contributed by atoms with Crippen molar-refractivity contribution < 1.29 is 0 Å². The van der Waals surface area contributed by atoms with Gasteiger partial charge in [-0.1, -0.05) is 18.2 Å². The van der Waals surface area contributed by atoms with Crippen molar-refractivity contribution in [2.45, 2.75) is 6.54 Å². The van der Waals surface area contributed by atoms with Gasteiger partial charge in [0.1, 0.15) is 0 Å². The second-order valence-electron chi connectivity index (χ2n) is 4.43. The molecule has 0 amide bonds. The van der Waals surface area contributed by atoms with E-state index in [1.165, 1.54) is 16.5 Å². The number of hydrogen-bond donors (Lipinski definition) is 2. The summed E-state index contributed by atoms with van der Waals surface area (Å²) in [6.07, 6.45) is 3.89. The summed E-state index contributed by atoms with van der Waals surface area (Å²) in [4.78, 5) is 7.66. The van der Waals surface area contributed by atoms with Crippen LogP contribution in [0.25, 0.3) is 22.2 Å². The topological polar surface area (TPSA) is 45.6 Å². The number of fused-ring (bicyclic) bond motifs is 1. The Labute approximate surface area is 106 Å². The quantitative estimate of drug-likeness (QED) is 0.737. The first-order chi connectivity index (χ1) is 8.81. The number of aromatic amines is 1. The first kappa shape index (κ1) is 11.0. The smallest absolute Gasteiger partial charge is 0.0947 e. The fourth-order valence-corrected chi connectivity index (χ4v) is 2.40. The van der Waals surface area contributed by atoms with Crippen molar-refractivity contribution in [3.05, 3.63) is 42.5 Å². The molecule has 0 aliphatic rings. The van der Waals surface area contributed by atoms with Crippen LogP contribution in [0.15, 0.2) is 36.8 Å². The molecule has 92 valence electrons. The van der Waals surface area contributed by atoms with E-state index in [4.69, 9.17) is 0 Å². The van der Waals surface area contributed by atoms with E-state index in [1.807, 2.05) is 7.05 Å². The number of aromatic nitrogens is 3. The number of hydrogen-bond acceptors (Lipinski definition) is 2. The van der Waals surface area contributed by atoms with Crippen molar-refractivity contribution in [2.75, 3.05) is 7.05 Å². The molecule has 0 fully saturated rings. The zero-order chi connectivity index (χ0) is 12.5. The minimum atomic E-state index is 0.790. The highest BCUT2D eigenvalue weighted by molar-refractivity contribution is 5.95. The van der Waals surface area contributed by atoms with Crippen LogP contribution in [0.5, 0.6) is 0 Å². The van der Waals surface area contributed by atoms with Gasteiger partial charge in [0.05, 0.1) is 17.7 Å². The van der Waals surface area contributed by atoms with Crippen molar-refractivity contribution >= 4 is 10.9 Å². The molecule has 4 heteroatoms. The normalized spacial score (nSPS) is 11.2. The summed E-state index contributed by atoms with van der Waals surface area (Å²) in [6, 6.07) is 8.40. The standard InChI is InChI=1S/C14H16N4/c1-15-7-12-14(17-9-16-12)11-8-18(2)13-6-4-3-5-10(11)13/h3-6,8-9,15H,7H2,1-2H3,(H,16,17). The number of nitrogens with zero attached hydrogens (tertiary/aromatic N) is 2. The molecule has 0 atom stereocenters. The number of rotatable bonds is 3. The summed E-state index contributed by atoms with van der Waals surface area (Å²) in [5.41, 5.74) is 4.56. The highest BCUT2D eigenvalue weighted by atomic mass is 15.0. The van der Waals surface area contributed by atoms with Gasteiger partial charge in [-0.25, -0.2) is 4.98 Å². The van der Waals surface area contributed by atoms with E-state index in [1.54, 1.807) is 6.33 Å². The molecule has 0 saturated carbocycles. The second-order valence-corrected chi connectivity index (χ2v) is 4.43. The molecule has 2 aromatic heterocycles. The van der Waals surface area contributed by atoms with Crippen molar-refractivity contribution in [3.8, 4) is 11.3 Å². The average molecular weight is 240 g/mol. The van der Waals surface area contributed by atoms with Crippen LogP contribution < -0.4 is 5.32 Å². The molecule has 4 nitrogen and oxygen atoms in total. The van der Waals surface area contributed by atoms with Crippen molar-refractivity contribution in [2.24, 2.45) is 7.05 Å². The Kier molecular flexibility index (Phi) is 2.64. The molecule has 3 aromatic rings. The van der Waals surface area contributed by atoms with Gasteiger partial charge in [0.25, 0.3) is 0 Å². The third-order valence-electron chi connectivity index (χ3n) is 3.22. The molecule has 0 radical (unpaired) electrons. The van der Waals surface area contributed by atoms with Crippen LogP contribution in [-0.2, 0) is 13.6 Å². The van der Waals surface area contributed by atoms with E-state index in [0.717, 1.165) is 17.9 Å². The van der Waals surface area contributed by atoms with E-state index in [-0.39, 0.29) is 0 Å². The van der Waals surface area contributed by atoms with Crippen molar-refractivity contribution in [3.63, 3.8) is 0 Å². The van der Waals surface area contributed by atoms with Crippen molar-refractivity contribution in [1.82, 2.24) is 19.9 Å². The molecule has 3 rings (SSSR count). The van der Waals surface area contributed by atoms with Crippen LogP contribution in [0, 0.1) is 0 Å². The molecule has 1 aromatic carbocycles. The largest absolute Gasteiger partial charge is 0.350 e. The molecule has 0 saturated heterocycles. The zero-order valence-corrected chi connectivity index (χ0v) is 10.6. The monoisotopic (exact) mass is 240 g/mol. The summed E-state index contributed by atoms with van der Waals surface area (Å²) in [5.74, 6) is 0. The number of aryl methyl sites for hydroxylation is 1. The Morgan fingerprint density at radius 1 is 1.33 bits per heavy atom. The van der Waals surface area contributed by atoms with E-state index in [0.29, 0.717) is 0 Å². The molecule has 18 heavy (non-hydrogen) atoms. The minimum Gasteiger partial charge on any atom is -0.350 e. The van der Waals surface area contributed by atoms with Gasteiger partial charge in [0.2, 0.25) is 0 Å². The number of imidazole rings is 1. The highest BCUT2D eigenvalue weighted by Crippen LogP contribution is 2.30. The molecule has 0 aliphatic heterocycles. The third-order valence-corrected chi connectivity index (χ3v) is 3.22. The highest BCUT2D eigenvalue weighted by Gasteiger charge is 2.13. The van der Waals surface area contributed by atoms with E-state index in [2.05, 4.69) is 57.4 Å². The lowest BCUT2D eigenvalue weighted by Crippen LogP contribution is -2.06. The number of H-pyrrole nitrogens is 1.